The van der Waals surface area contributed by atoms with Crippen LogP contribution in [0.5, 0.6) is 0 Å². The summed E-state index contributed by atoms with van der Waals surface area (Å²) in [4.78, 5) is 0. The van der Waals surface area contributed by atoms with Gasteiger partial charge in [0.15, 0.2) is 0 Å². The Hall–Kier alpha value is -1.06. The van der Waals surface area contributed by atoms with E-state index in [2.05, 4.69) is 30.7 Å². The third kappa shape index (κ3) is 24.1. The van der Waals surface area contributed by atoms with Crippen molar-refractivity contribution in [3.8, 4) is 0 Å². The molecule has 10 nitrogen and oxygen atoms in total. The van der Waals surface area contributed by atoms with Crippen LogP contribution < -0.4 is 9.13 Å². The van der Waals surface area contributed by atoms with Gasteiger partial charge in [-0.15, -0.1) is 0 Å². The van der Waals surface area contributed by atoms with Gasteiger partial charge >= 0.3 is 0 Å². The molecule has 0 atom stereocenters. The van der Waals surface area contributed by atoms with E-state index < -0.39 is 20.2 Å². The first-order valence-corrected chi connectivity index (χ1v) is 23.1. The number of hydrogen-bond donors (Lipinski definition) is 2. The Labute approximate surface area is 287 Å². The Balaban J connectivity index is 1.25. The van der Waals surface area contributed by atoms with Crippen molar-refractivity contribution >= 4 is 41.8 Å². The van der Waals surface area contributed by atoms with Crippen LogP contribution in [0, 0.1) is 0 Å². The van der Waals surface area contributed by atoms with Gasteiger partial charge in [0.2, 0.25) is 12.7 Å². The molecule has 0 saturated heterocycles. The Morgan fingerprint density at radius 2 is 0.804 bits per heavy atom. The molecule has 46 heavy (non-hydrogen) atoms. The fourth-order valence-corrected chi connectivity index (χ4v) is 8.70. The average Bonchev–Trinajstić information content (AvgIpc) is 3.63. The number of unbranched alkanes of at least 4 members (excludes halogenated alkanes) is 14. The van der Waals surface area contributed by atoms with Gasteiger partial charge in [0.05, 0.1) is 37.7 Å². The number of rotatable bonds is 31. The highest BCUT2D eigenvalue weighted by Crippen LogP contribution is 2.25. The molecule has 0 aromatic carbocycles. The zero-order valence-corrected chi connectivity index (χ0v) is 31.1. The van der Waals surface area contributed by atoms with Gasteiger partial charge in [0, 0.05) is 24.3 Å². The summed E-state index contributed by atoms with van der Waals surface area (Å²) in [6, 6.07) is 0. The van der Waals surface area contributed by atoms with Crippen LogP contribution in [-0.4, -0.2) is 58.1 Å². The Kier molecular flexibility index (Phi) is 22.3. The molecule has 2 heterocycles. The van der Waals surface area contributed by atoms with E-state index in [1.165, 1.54) is 114 Å². The van der Waals surface area contributed by atoms with Crippen LogP contribution in [0.3, 0.4) is 0 Å². The summed E-state index contributed by atoms with van der Waals surface area (Å²) in [5.41, 5.74) is 0. The molecule has 2 N–H and O–H groups in total. The smallest absolute Gasteiger partial charge is 0.265 e. The van der Waals surface area contributed by atoms with Crippen molar-refractivity contribution in [2.24, 2.45) is 0 Å². The van der Waals surface area contributed by atoms with Crippen LogP contribution in [-0.2, 0) is 46.4 Å². The summed E-state index contributed by atoms with van der Waals surface area (Å²) in [6.07, 6.45) is 33.6. The predicted molar refractivity (Wildman–Crippen MR) is 190 cm³/mol. The molecule has 0 fully saturated rings. The normalized spacial score (nSPS) is 12.3. The highest BCUT2D eigenvalue weighted by Gasteiger charge is 2.09. The molecule has 0 bridgehead atoms. The highest BCUT2D eigenvalue weighted by molar-refractivity contribution is 8.76. The molecule has 0 spiro atoms. The molecule has 0 radical (unpaired) electrons. The van der Waals surface area contributed by atoms with Crippen molar-refractivity contribution in [3.05, 3.63) is 37.4 Å². The van der Waals surface area contributed by atoms with E-state index in [0.717, 1.165) is 13.1 Å². The standard InChI is InChI=1S/C32H58N4O6S4/c37-45(38,39)29-17-21-35-25-23-33(31-35)19-13-9-5-1-3-7-11-15-27-43-44-28-16-12-8-4-2-6-10-14-20-34-24-26-36(32-34)22-18-30-46(40,41)42/h23-26,31-32H,1-22,27-30H2/p+2. The Morgan fingerprint density at radius 3 is 1.15 bits per heavy atom. The number of aromatic nitrogens is 4. The zero-order chi connectivity index (χ0) is 33.4. The van der Waals surface area contributed by atoms with Crippen LogP contribution in [0.15, 0.2) is 37.4 Å². The zero-order valence-electron chi connectivity index (χ0n) is 27.8. The summed E-state index contributed by atoms with van der Waals surface area (Å²) in [7, 11) is -3.64. The second-order valence-corrected chi connectivity index (χ2v) is 18.2. The number of imidazole rings is 2. The van der Waals surface area contributed by atoms with Crippen molar-refractivity contribution in [2.45, 2.75) is 142 Å². The first-order valence-electron chi connectivity index (χ1n) is 17.4. The van der Waals surface area contributed by atoms with E-state index >= 15 is 0 Å². The summed E-state index contributed by atoms with van der Waals surface area (Å²) in [5.74, 6) is 2.16. The van der Waals surface area contributed by atoms with Crippen LogP contribution in [0.1, 0.15) is 116 Å². The molecule has 2 aromatic rings. The molecule has 2 rings (SSSR count). The van der Waals surface area contributed by atoms with Crippen LogP contribution in [0.2, 0.25) is 0 Å². The molecule has 0 amide bonds. The SMILES string of the molecule is O=S(=O)(O)CCC[n+]1ccn(CCCCCCCCCCSSCCCCCCCCCCn2cc[n+](CCCS(=O)(=O)O)c2)c1. The molecule has 0 unspecified atom stereocenters. The van der Waals surface area contributed by atoms with Gasteiger partial charge in [-0.05, 0) is 38.5 Å². The Bertz CT molecular complexity index is 1150. The van der Waals surface area contributed by atoms with E-state index in [0.29, 0.717) is 25.9 Å². The van der Waals surface area contributed by atoms with E-state index in [4.69, 9.17) is 9.11 Å². The second-order valence-electron chi connectivity index (χ2n) is 12.4. The Morgan fingerprint density at radius 1 is 0.478 bits per heavy atom. The molecular formula is C32H60N4O6S4+2. The van der Waals surface area contributed by atoms with E-state index in [9.17, 15) is 16.8 Å². The summed E-state index contributed by atoms with van der Waals surface area (Å²) in [6.45, 7) is 3.18. The van der Waals surface area contributed by atoms with Gasteiger partial charge in [0.25, 0.3) is 20.2 Å². The second kappa shape index (κ2) is 25.0. The maximum Gasteiger partial charge on any atom is 0.265 e. The van der Waals surface area contributed by atoms with Gasteiger partial charge < -0.3 is 0 Å². The maximum atomic E-state index is 10.8. The van der Waals surface area contributed by atoms with Gasteiger partial charge in [0.1, 0.15) is 24.8 Å². The van der Waals surface area contributed by atoms with E-state index in [1.807, 2.05) is 46.6 Å². The van der Waals surface area contributed by atoms with Crippen LogP contribution >= 0.6 is 21.6 Å². The highest BCUT2D eigenvalue weighted by atomic mass is 33.1. The fraction of sp³-hybridized carbons (Fsp3) is 0.812. The monoisotopic (exact) mass is 724 g/mol. The maximum absolute atomic E-state index is 10.8. The molecule has 14 heteroatoms. The minimum absolute atomic E-state index is 0.192. The van der Waals surface area contributed by atoms with Crippen molar-refractivity contribution in [1.29, 1.82) is 0 Å². The van der Waals surface area contributed by atoms with Gasteiger partial charge in [-0.3, -0.25) is 9.11 Å². The molecule has 0 saturated carbocycles. The van der Waals surface area contributed by atoms with Crippen molar-refractivity contribution in [2.75, 3.05) is 23.0 Å². The topological polar surface area (TPSA) is 126 Å². The van der Waals surface area contributed by atoms with Crippen molar-refractivity contribution in [1.82, 2.24) is 9.13 Å². The summed E-state index contributed by atoms with van der Waals surface area (Å²) < 4.78 is 69.2. The lowest BCUT2D eigenvalue weighted by atomic mass is 10.1. The number of hydrogen-bond acceptors (Lipinski definition) is 6. The lowest BCUT2D eigenvalue weighted by Crippen LogP contribution is -2.32. The molecule has 266 valence electrons. The van der Waals surface area contributed by atoms with Crippen molar-refractivity contribution < 1.29 is 35.1 Å². The lowest BCUT2D eigenvalue weighted by Gasteiger charge is -2.04. The van der Waals surface area contributed by atoms with E-state index in [-0.39, 0.29) is 11.5 Å². The molecular weight excluding hydrogens is 665 g/mol. The number of aryl methyl sites for hydroxylation is 4. The summed E-state index contributed by atoms with van der Waals surface area (Å²) >= 11 is 0. The summed E-state index contributed by atoms with van der Waals surface area (Å²) in [5, 5.41) is 0. The molecule has 2 aromatic heterocycles. The fourth-order valence-electron chi connectivity index (χ4n) is 5.42. The van der Waals surface area contributed by atoms with Crippen LogP contribution in [0.25, 0.3) is 0 Å². The first kappa shape index (κ1) is 41.1. The third-order valence-corrected chi connectivity index (χ3v) is 12.2. The number of nitrogens with zero attached hydrogens (tertiary/aromatic N) is 4. The third-order valence-electron chi connectivity index (χ3n) is 8.00. The molecule has 0 aliphatic rings. The molecule has 0 aliphatic heterocycles. The largest absolute Gasteiger partial charge is 0.286 e. The first-order chi connectivity index (χ1) is 22.1. The average molecular weight is 725 g/mol. The van der Waals surface area contributed by atoms with Gasteiger partial charge in [-0.2, -0.15) is 16.8 Å². The van der Waals surface area contributed by atoms with Gasteiger partial charge in [-0.1, -0.05) is 85.8 Å². The van der Waals surface area contributed by atoms with E-state index in [1.54, 1.807) is 0 Å². The lowest BCUT2D eigenvalue weighted by molar-refractivity contribution is -0.696. The molecule has 0 aliphatic carbocycles. The predicted octanol–water partition coefficient (Wildman–Crippen LogP) is 6.74. The van der Waals surface area contributed by atoms with Crippen molar-refractivity contribution in [3.63, 3.8) is 0 Å². The minimum Gasteiger partial charge on any atom is -0.286 e. The van der Waals surface area contributed by atoms with Crippen LogP contribution in [0.4, 0.5) is 0 Å². The quantitative estimate of drug-likeness (QED) is 0.0379. The minimum atomic E-state index is -3.87. The van der Waals surface area contributed by atoms with Gasteiger partial charge in [-0.25, -0.2) is 18.3 Å².